The first kappa shape index (κ1) is 7.60. The van der Waals surface area contributed by atoms with Crippen LogP contribution in [0.5, 0.6) is 0 Å². The Morgan fingerprint density at radius 3 is 2.31 bits per heavy atom. The number of nitrogen functional groups attached to an aromatic ring is 2. The van der Waals surface area contributed by atoms with Gasteiger partial charge in [-0.15, -0.1) is 5.10 Å². The maximum atomic E-state index is 5.54. The third kappa shape index (κ3) is 1.44. The average Bonchev–Trinajstić information content (AvgIpc) is 2.53. The van der Waals surface area contributed by atoms with Gasteiger partial charge >= 0.3 is 0 Å². The number of nitrogens with one attached hydrogen (secondary N) is 1. The Kier molecular flexibility index (Phi) is 1.63. The smallest absolute Gasteiger partial charge is 0.239 e. The van der Waals surface area contributed by atoms with Crippen LogP contribution in [0.4, 0.5) is 11.6 Å². The Labute approximate surface area is 74.8 Å². The molecular formula is C8H9N5. The van der Waals surface area contributed by atoms with E-state index in [1.54, 1.807) is 12.1 Å². The highest BCUT2D eigenvalue weighted by Gasteiger charge is 2.01. The van der Waals surface area contributed by atoms with Gasteiger partial charge in [-0.2, -0.15) is 4.98 Å². The standard InChI is InChI=1S/C8H9N5/c9-6-3-1-5(2-4-6)7-11-8(10)13-12-7/h1-4H,9H2,(H3,10,11,12,13). The van der Waals surface area contributed by atoms with Crippen molar-refractivity contribution < 1.29 is 0 Å². The Morgan fingerprint density at radius 1 is 1.08 bits per heavy atom. The molecule has 0 aliphatic carbocycles. The maximum absolute atomic E-state index is 5.54. The molecule has 0 radical (unpaired) electrons. The van der Waals surface area contributed by atoms with Crippen molar-refractivity contribution in [1.82, 2.24) is 15.2 Å². The number of aromatic amines is 1. The van der Waals surface area contributed by atoms with Gasteiger partial charge in [0, 0.05) is 11.3 Å². The summed E-state index contributed by atoms with van der Waals surface area (Å²) in [5.74, 6) is 0.893. The third-order valence-electron chi connectivity index (χ3n) is 1.69. The van der Waals surface area contributed by atoms with E-state index in [1.165, 1.54) is 0 Å². The van der Waals surface area contributed by atoms with Crippen molar-refractivity contribution in [3.05, 3.63) is 24.3 Å². The van der Waals surface area contributed by atoms with Crippen LogP contribution >= 0.6 is 0 Å². The van der Waals surface area contributed by atoms with Crippen molar-refractivity contribution in [2.75, 3.05) is 11.5 Å². The molecule has 66 valence electrons. The zero-order valence-electron chi connectivity index (χ0n) is 6.86. The molecule has 1 heterocycles. The molecule has 2 rings (SSSR count). The van der Waals surface area contributed by atoms with E-state index in [0.717, 1.165) is 11.3 Å². The summed E-state index contributed by atoms with van der Waals surface area (Å²) < 4.78 is 0. The zero-order chi connectivity index (χ0) is 9.26. The minimum Gasteiger partial charge on any atom is -0.399 e. The number of nitrogens with two attached hydrogens (primary N) is 2. The van der Waals surface area contributed by atoms with Crippen LogP contribution in [0.25, 0.3) is 11.4 Å². The van der Waals surface area contributed by atoms with Crippen molar-refractivity contribution in [3.63, 3.8) is 0 Å². The summed E-state index contributed by atoms with van der Waals surface area (Å²) in [6.45, 7) is 0. The maximum Gasteiger partial charge on any atom is 0.239 e. The molecule has 0 spiro atoms. The van der Waals surface area contributed by atoms with Crippen LogP contribution in [-0.2, 0) is 0 Å². The van der Waals surface area contributed by atoms with Crippen LogP contribution in [0.1, 0.15) is 0 Å². The fourth-order valence-electron chi connectivity index (χ4n) is 1.04. The molecule has 0 unspecified atom stereocenters. The van der Waals surface area contributed by atoms with E-state index in [9.17, 15) is 0 Å². The molecule has 5 N–H and O–H groups in total. The number of hydrogen-bond donors (Lipinski definition) is 3. The molecule has 1 aromatic heterocycles. The lowest BCUT2D eigenvalue weighted by atomic mass is 10.2. The second kappa shape index (κ2) is 2.78. The number of anilines is 2. The van der Waals surface area contributed by atoms with E-state index in [1.807, 2.05) is 12.1 Å². The number of rotatable bonds is 1. The Hall–Kier alpha value is -2.04. The second-order valence-electron chi connectivity index (χ2n) is 2.66. The molecule has 0 amide bonds. The zero-order valence-corrected chi connectivity index (χ0v) is 6.86. The third-order valence-corrected chi connectivity index (χ3v) is 1.69. The van der Waals surface area contributed by atoms with Crippen molar-refractivity contribution >= 4 is 11.6 Å². The van der Waals surface area contributed by atoms with Gasteiger partial charge in [-0.25, -0.2) is 0 Å². The van der Waals surface area contributed by atoms with Crippen LogP contribution in [0.15, 0.2) is 24.3 Å². The summed E-state index contributed by atoms with van der Waals surface area (Å²) in [7, 11) is 0. The molecule has 0 bridgehead atoms. The molecule has 0 aliphatic heterocycles. The first-order valence-corrected chi connectivity index (χ1v) is 3.79. The summed E-state index contributed by atoms with van der Waals surface area (Å²) in [5.41, 5.74) is 12.5. The van der Waals surface area contributed by atoms with E-state index >= 15 is 0 Å². The number of hydrogen-bond acceptors (Lipinski definition) is 4. The van der Waals surface area contributed by atoms with Crippen LogP contribution in [0, 0.1) is 0 Å². The van der Waals surface area contributed by atoms with Crippen LogP contribution in [-0.4, -0.2) is 15.2 Å². The van der Waals surface area contributed by atoms with Gasteiger partial charge in [-0.3, -0.25) is 5.10 Å². The fourth-order valence-corrected chi connectivity index (χ4v) is 1.04. The fraction of sp³-hybridized carbons (Fsp3) is 0. The highest BCUT2D eigenvalue weighted by molar-refractivity contribution is 5.59. The van der Waals surface area contributed by atoms with Gasteiger partial charge in [-0.05, 0) is 24.3 Å². The van der Waals surface area contributed by atoms with Crippen molar-refractivity contribution in [2.45, 2.75) is 0 Å². The van der Waals surface area contributed by atoms with E-state index in [4.69, 9.17) is 11.5 Å². The number of benzene rings is 1. The topological polar surface area (TPSA) is 93.6 Å². The molecule has 0 atom stereocenters. The monoisotopic (exact) mass is 175 g/mol. The number of H-pyrrole nitrogens is 1. The molecular weight excluding hydrogens is 166 g/mol. The lowest BCUT2D eigenvalue weighted by molar-refractivity contribution is 1.10. The molecule has 0 saturated carbocycles. The summed E-state index contributed by atoms with van der Waals surface area (Å²) >= 11 is 0. The van der Waals surface area contributed by atoms with E-state index in [2.05, 4.69) is 15.2 Å². The Balaban J connectivity index is 2.41. The van der Waals surface area contributed by atoms with E-state index in [0.29, 0.717) is 5.82 Å². The largest absolute Gasteiger partial charge is 0.399 e. The SMILES string of the molecule is Nc1ccc(-c2nc(N)n[nH]2)cc1. The lowest BCUT2D eigenvalue weighted by Crippen LogP contribution is -1.86. The van der Waals surface area contributed by atoms with Crippen LogP contribution in [0.3, 0.4) is 0 Å². The van der Waals surface area contributed by atoms with Gasteiger partial charge < -0.3 is 11.5 Å². The summed E-state index contributed by atoms with van der Waals surface area (Å²) in [6.07, 6.45) is 0. The molecule has 1 aromatic carbocycles. The van der Waals surface area contributed by atoms with Gasteiger partial charge in [0.2, 0.25) is 5.95 Å². The highest BCUT2D eigenvalue weighted by Crippen LogP contribution is 2.16. The predicted octanol–water partition coefficient (Wildman–Crippen LogP) is 0.636. The first-order chi connectivity index (χ1) is 6.25. The Morgan fingerprint density at radius 2 is 1.77 bits per heavy atom. The number of nitrogens with zero attached hydrogens (tertiary/aromatic N) is 2. The highest BCUT2D eigenvalue weighted by atomic mass is 15.3. The summed E-state index contributed by atoms with van der Waals surface area (Å²) in [6, 6.07) is 7.31. The quantitative estimate of drug-likeness (QED) is 0.554. The molecule has 0 fully saturated rings. The van der Waals surface area contributed by atoms with Gasteiger partial charge in [0.25, 0.3) is 0 Å². The van der Waals surface area contributed by atoms with Crippen molar-refractivity contribution in [1.29, 1.82) is 0 Å². The first-order valence-electron chi connectivity index (χ1n) is 3.79. The summed E-state index contributed by atoms with van der Waals surface area (Å²) in [4.78, 5) is 3.98. The molecule has 13 heavy (non-hydrogen) atoms. The molecule has 5 nitrogen and oxygen atoms in total. The summed E-state index contributed by atoms with van der Waals surface area (Å²) in [5, 5.41) is 6.44. The van der Waals surface area contributed by atoms with Crippen LogP contribution < -0.4 is 11.5 Å². The van der Waals surface area contributed by atoms with Gasteiger partial charge in [0.1, 0.15) is 0 Å². The van der Waals surface area contributed by atoms with Gasteiger partial charge in [0.15, 0.2) is 5.82 Å². The minimum absolute atomic E-state index is 0.242. The van der Waals surface area contributed by atoms with E-state index in [-0.39, 0.29) is 5.95 Å². The van der Waals surface area contributed by atoms with Gasteiger partial charge in [0.05, 0.1) is 0 Å². The molecule has 0 saturated heterocycles. The predicted molar refractivity (Wildman–Crippen MR) is 50.6 cm³/mol. The van der Waals surface area contributed by atoms with Crippen LogP contribution in [0.2, 0.25) is 0 Å². The minimum atomic E-state index is 0.242. The molecule has 2 aromatic rings. The van der Waals surface area contributed by atoms with E-state index < -0.39 is 0 Å². The molecule has 5 heteroatoms. The Bertz CT molecular complexity index is 403. The number of aromatic nitrogens is 3. The average molecular weight is 175 g/mol. The normalized spacial score (nSPS) is 10.2. The lowest BCUT2D eigenvalue weighted by Gasteiger charge is -1.95. The second-order valence-corrected chi connectivity index (χ2v) is 2.66. The molecule has 0 aliphatic rings. The van der Waals surface area contributed by atoms with Gasteiger partial charge in [-0.1, -0.05) is 0 Å². The van der Waals surface area contributed by atoms with Crippen molar-refractivity contribution in [3.8, 4) is 11.4 Å². The van der Waals surface area contributed by atoms with Crippen molar-refractivity contribution in [2.24, 2.45) is 0 Å².